The molecule has 3 aromatic rings. The van der Waals surface area contributed by atoms with Gasteiger partial charge in [0.2, 0.25) is 0 Å². The van der Waals surface area contributed by atoms with Crippen LogP contribution in [0.2, 0.25) is 0 Å². The van der Waals surface area contributed by atoms with E-state index >= 15 is 0 Å². The lowest BCUT2D eigenvalue weighted by Crippen LogP contribution is -2.42. The first-order chi connectivity index (χ1) is 12.8. The van der Waals surface area contributed by atoms with Crippen LogP contribution in [0.15, 0.2) is 42.7 Å². The topological polar surface area (TPSA) is 103 Å². The molecular formula is C19H18FN5O2. The van der Waals surface area contributed by atoms with Gasteiger partial charge in [0.25, 0.3) is 5.91 Å². The van der Waals surface area contributed by atoms with Gasteiger partial charge in [0.15, 0.2) is 0 Å². The SMILES string of the molecule is CC(C)(O)C(F)CNC(=O)c1cccnc1-c1ccc2cc(C#N)cnn12. The summed E-state index contributed by atoms with van der Waals surface area (Å²) in [6.07, 6.45) is 1.36. The normalized spacial score (nSPS) is 12.6. The Labute approximate surface area is 155 Å². The summed E-state index contributed by atoms with van der Waals surface area (Å²) in [7, 11) is 0. The van der Waals surface area contributed by atoms with Gasteiger partial charge < -0.3 is 10.4 Å². The first-order valence-electron chi connectivity index (χ1n) is 8.29. The van der Waals surface area contributed by atoms with Gasteiger partial charge in [-0.25, -0.2) is 8.91 Å². The van der Waals surface area contributed by atoms with Crippen LogP contribution in [-0.2, 0) is 0 Å². The van der Waals surface area contributed by atoms with E-state index in [-0.39, 0.29) is 12.1 Å². The Morgan fingerprint density at radius 1 is 1.44 bits per heavy atom. The fraction of sp³-hybridized carbons (Fsp3) is 0.263. The number of nitrogens with one attached hydrogen (secondary N) is 1. The Morgan fingerprint density at radius 2 is 2.22 bits per heavy atom. The number of rotatable bonds is 5. The average Bonchev–Trinajstić information content (AvgIpc) is 3.07. The molecule has 8 heteroatoms. The van der Waals surface area contributed by atoms with Crippen molar-refractivity contribution in [2.45, 2.75) is 25.6 Å². The molecule has 2 N–H and O–H groups in total. The molecule has 27 heavy (non-hydrogen) atoms. The summed E-state index contributed by atoms with van der Waals surface area (Å²) in [6, 6.07) is 10.4. The highest BCUT2D eigenvalue weighted by molar-refractivity contribution is 5.99. The number of aliphatic hydroxyl groups is 1. The van der Waals surface area contributed by atoms with Crippen molar-refractivity contribution in [2.75, 3.05) is 6.54 Å². The molecule has 3 heterocycles. The third-order valence-electron chi connectivity index (χ3n) is 4.13. The van der Waals surface area contributed by atoms with Crippen LogP contribution in [0.5, 0.6) is 0 Å². The minimum absolute atomic E-state index is 0.256. The van der Waals surface area contributed by atoms with Crippen LogP contribution in [0.1, 0.15) is 29.8 Å². The first-order valence-corrected chi connectivity index (χ1v) is 8.29. The monoisotopic (exact) mass is 367 g/mol. The number of nitriles is 1. The maximum absolute atomic E-state index is 13.9. The van der Waals surface area contributed by atoms with Crippen molar-refractivity contribution in [3.8, 4) is 17.5 Å². The van der Waals surface area contributed by atoms with Crippen LogP contribution in [0.25, 0.3) is 16.9 Å². The van der Waals surface area contributed by atoms with Crippen LogP contribution >= 0.6 is 0 Å². The molecule has 0 aliphatic heterocycles. The number of alkyl halides is 1. The lowest BCUT2D eigenvalue weighted by molar-refractivity contribution is -0.00177. The maximum Gasteiger partial charge on any atom is 0.253 e. The minimum atomic E-state index is -1.61. The molecule has 0 radical (unpaired) electrons. The van der Waals surface area contributed by atoms with Crippen molar-refractivity contribution >= 4 is 11.4 Å². The number of hydrogen-bond donors (Lipinski definition) is 2. The number of amides is 1. The molecule has 0 bridgehead atoms. The zero-order valence-electron chi connectivity index (χ0n) is 14.8. The Balaban J connectivity index is 1.93. The highest BCUT2D eigenvalue weighted by atomic mass is 19.1. The van der Waals surface area contributed by atoms with Crippen molar-refractivity contribution in [1.82, 2.24) is 19.9 Å². The Kier molecular flexibility index (Phi) is 4.88. The summed E-state index contributed by atoms with van der Waals surface area (Å²) in [4.78, 5) is 16.8. The van der Waals surface area contributed by atoms with Crippen molar-refractivity contribution < 1.29 is 14.3 Å². The van der Waals surface area contributed by atoms with Crippen molar-refractivity contribution in [3.05, 3.63) is 53.9 Å². The van der Waals surface area contributed by atoms with Gasteiger partial charge in [-0.15, -0.1) is 0 Å². The predicted molar refractivity (Wildman–Crippen MR) is 96.7 cm³/mol. The molecule has 1 unspecified atom stereocenters. The van der Waals surface area contributed by atoms with Crippen molar-refractivity contribution in [3.63, 3.8) is 0 Å². The van der Waals surface area contributed by atoms with E-state index in [1.54, 1.807) is 41.0 Å². The van der Waals surface area contributed by atoms with Crippen LogP contribution in [0, 0.1) is 11.3 Å². The molecule has 0 saturated carbocycles. The number of pyridine rings is 1. The largest absolute Gasteiger partial charge is 0.387 e. The Bertz CT molecular complexity index is 1030. The molecular weight excluding hydrogens is 349 g/mol. The molecule has 0 fully saturated rings. The molecule has 0 aliphatic carbocycles. The van der Waals surface area contributed by atoms with Crippen LogP contribution < -0.4 is 5.32 Å². The summed E-state index contributed by atoms with van der Waals surface area (Å²) >= 11 is 0. The number of carbonyl (C=O) groups excluding carboxylic acids is 1. The molecule has 3 aromatic heterocycles. The zero-order chi connectivity index (χ0) is 19.6. The molecule has 0 saturated heterocycles. The standard InChI is InChI=1S/C19H18FN5O2/c1-19(2,27)16(20)11-23-18(26)14-4-3-7-22-17(14)15-6-5-13-8-12(9-21)10-24-25(13)15/h3-8,10,16,27H,11H2,1-2H3,(H,23,26). The summed E-state index contributed by atoms with van der Waals surface area (Å²) in [5.41, 5.74) is 0.765. The lowest BCUT2D eigenvalue weighted by atomic mass is 10.0. The van der Waals surface area contributed by atoms with E-state index in [2.05, 4.69) is 15.4 Å². The van der Waals surface area contributed by atoms with Gasteiger partial charge in [0.1, 0.15) is 17.9 Å². The second-order valence-electron chi connectivity index (χ2n) is 6.64. The predicted octanol–water partition coefficient (Wildman–Crippen LogP) is 2.11. The van der Waals surface area contributed by atoms with Gasteiger partial charge in [-0.1, -0.05) is 0 Å². The zero-order valence-corrected chi connectivity index (χ0v) is 14.8. The summed E-state index contributed by atoms with van der Waals surface area (Å²) in [5, 5.41) is 25.4. The quantitative estimate of drug-likeness (QED) is 0.719. The van der Waals surface area contributed by atoms with Crippen LogP contribution in [0.3, 0.4) is 0 Å². The van der Waals surface area contributed by atoms with E-state index in [4.69, 9.17) is 5.26 Å². The third-order valence-corrected chi connectivity index (χ3v) is 4.13. The first kappa shape index (κ1) is 18.5. The average molecular weight is 367 g/mol. The molecule has 1 atom stereocenters. The number of carbonyl (C=O) groups is 1. The number of aromatic nitrogens is 3. The Morgan fingerprint density at radius 3 is 2.93 bits per heavy atom. The fourth-order valence-corrected chi connectivity index (χ4v) is 2.56. The van der Waals surface area contributed by atoms with Crippen LogP contribution in [0.4, 0.5) is 4.39 Å². The number of fused-ring (bicyclic) bond motifs is 1. The lowest BCUT2D eigenvalue weighted by Gasteiger charge is -2.22. The third kappa shape index (κ3) is 3.78. The van der Waals surface area contributed by atoms with Crippen molar-refractivity contribution in [1.29, 1.82) is 5.26 Å². The van der Waals surface area contributed by atoms with E-state index < -0.39 is 17.7 Å². The Hall–Kier alpha value is -3.31. The van der Waals surface area contributed by atoms with E-state index in [1.165, 1.54) is 20.0 Å². The van der Waals surface area contributed by atoms with Gasteiger partial charge >= 0.3 is 0 Å². The summed E-state index contributed by atoms with van der Waals surface area (Å²) in [5.74, 6) is -0.506. The summed E-state index contributed by atoms with van der Waals surface area (Å²) < 4.78 is 15.5. The number of hydrogen-bond acceptors (Lipinski definition) is 5. The van der Waals surface area contributed by atoms with E-state index in [0.717, 1.165) is 0 Å². The smallest absolute Gasteiger partial charge is 0.253 e. The molecule has 7 nitrogen and oxygen atoms in total. The van der Waals surface area contributed by atoms with E-state index in [0.29, 0.717) is 22.5 Å². The van der Waals surface area contributed by atoms with Crippen molar-refractivity contribution in [2.24, 2.45) is 0 Å². The van der Waals surface area contributed by atoms with E-state index in [9.17, 15) is 14.3 Å². The highest BCUT2D eigenvalue weighted by Gasteiger charge is 2.27. The van der Waals surface area contributed by atoms with Crippen LogP contribution in [-0.4, -0.2) is 43.9 Å². The van der Waals surface area contributed by atoms with Gasteiger partial charge in [-0.2, -0.15) is 10.4 Å². The van der Waals surface area contributed by atoms with Gasteiger partial charge in [0.05, 0.1) is 40.7 Å². The molecule has 0 aliphatic rings. The van der Waals surface area contributed by atoms with Gasteiger partial charge in [-0.05, 0) is 44.2 Å². The molecule has 0 spiro atoms. The summed E-state index contributed by atoms with van der Waals surface area (Å²) in [6.45, 7) is 2.36. The molecule has 0 aromatic carbocycles. The number of nitrogens with zero attached hydrogens (tertiary/aromatic N) is 4. The van der Waals surface area contributed by atoms with Gasteiger partial charge in [-0.3, -0.25) is 9.78 Å². The fourth-order valence-electron chi connectivity index (χ4n) is 2.56. The number of halogens is 1. The van der Waals surface area contributed by atoms with Gasteiger partial charge in [0, 0.05) is 6.20 Å². The molecule has 3 rings (SSSR count). The second-order valence-corrected chi connectivity index (χ2v) is 6.64. The maximum atomic E-state index is 13.9. The van der Waals surface area contributed by atoms with E-state index in [1.807, 2.05) is 6.07 Å². The minimum Gasteiger partial charge on any atom is -0.387 e. The second kappa shape index (κ2) is 7.13. The highest BCUT2D eigenvalue weighted by Crippen LogP contribution is 2.24. The molecule has 1 amide bonds. The molecule has 138 valence electrons.